The number of nitrogens with zero attached hydrogens (tertiary/aromatic N) is 4. The average molecular weight is 473 g/mol. The monoisotopic (exact) mass is 472 g/mol. The lowest BCUT2D eigenvalue weighted by molar-refractivity contribution is -0.130. The number of rotatable bonds is 7. The lowest BCUT2D eigenvalue weighted by atomic mass is 10.1. The zero-order valence-corrected chi connectivity index (χ0v) is 20.2. The Balaban J connectivity index is 1.62. The van der Waals surface area contributed by atoms with E-state index in [0.29, 0.717) is 18.1 Å². The Labute approximate surface area is 193 Å². The molecule has 0 saturated carbocycles. The molecule has 0 aliphatic carbocycles. The molecule has 0 radical (unpaired) electrons. The normalized spacial score (nSPS) is 17.7. The minimum Gasteiger partial charge on any atom is -0.338 e. The molecule has 1 aliphatic heterocycles. The number of benzene rings is 1. The van der Waals surface area contributed by atoms with Crippen molar-refractivity contribution in [3.63, 3.8) is 0 Å². The molecule has 4 rings (SSSR count). The molecule has 7 nitrogen and oxygen atoms in total. The molecule has 1 aliphatic rings. The van der Waals surface area contributed by atoms with Crippen LogP contribution in [-0.2, 0) is 14.6 Å². The van der Waals surface area contributed by atoms with Crippen LogP contribution in [0.15, 0.2) is 41.6 Å². The van der Waals surface area contributed by atoms with Gasteiger partial charge in [0.1, 0.15) is 0 Å². The maximum Gasteiger partial charge on any atom is 0.233 e. The van der Waals surface area contributed by atoms with Gasteiger partial charge >= 0.3 is 0 Å². The van der Waals surface area contributed by atoms with Gasteiger partial charge in [-0.15, -0.1) is 0 Å². The molecule has 1 fully saturated rings. The highest BCUT2D eigenvalue weighted by Crippen LogP contribution is 2.31. The van der Waals surface area contributed by atoms with Crippen molar-refractivity contribution in [1.29, 1.82) is 0 Å². The van der Waals surface area contributed by atoms with Crippen molar-refractivity contribution < 1.29 is 13.2 Å². The van der Waals surface area contributed by atoms with Gasteiger partial charge in [0.05, 0.1) is 34.2 Å². The summed E-state index contributed by atoms with van der Waals surface area (Å²) in [6.45, 7) is 6.55. The second-order valence-corrected chi connectivity index (χ2v) is 11.4. The van der Waals surface area contributed by atoms with Crippen LogP contribution in [0.2, 0.25) is 0 Å². The Hall–Kier alpha value is -2.39. The highest BCUT2D eigenvalue weighted by Gasteiger charge is 2.34. The Bertz CT molecular complexity index is 1240. The molecule has 3 heterocycles. The first kappa shape index (κ1) is 22.8. The minimum absolute atomic E-state index is 0.0543. The average Bonchev–Trinajstić information content (AvgIpc) is 3.30. The number of carbonyl (C=O) groups is 1. The van der Waals surface area contributed by atoms with Gasteiger partial charge in [-0.05, 0) is 38.3 Å². The quantitative estimate of drug-likeness (QED) is 0.489. The second-order valence-electron chi connectivity index (χ2n) is 8.27. The third-order valence-electron chi connectivity index (χ3n) is 5.69. The topological polar surface area (TPSA) is 84.6 Å². The van der Waals surface area contributed by atoms with Gasteiger partial charge in [-0.3, -0.25) is 4.79 Å². The van der Waals surface area contributed by atoms with E-state index in [1.807, 2.05) is 61.7 Å². The first-order valence-electron chi connectivity index (χ1n) is 10.8. The molecular weight excluding hydrogens is 444 g/mol. The van der Waals surface area contributed by atoms with Gasteiger partial charge in [-0.2, -0.15) is 5.10 Å². The van der Waals surface area contributed by atoms with Crippen molar-refractivity contribution in [3.8, 4) is 11.3 Å². The van der Waals surface area contributed by atoms with E-state index in [-0.39, 0.29) is 29.2 Å². The number of aromatic nitrogens is 3. The van der Waals surface area contributed by atoms with Crippen LogP contribution in [0.25, 0.3) is 16.8 Å². The number of thioether (sulfide) groups is 1. The molecule has 3 aromatic rings. The van der Waals surface area contributed by atoms with Crippen LogP contribution in [0.5, 0.6) is 0 Å². The number of aryl methyl sites for hydroxylation is 2. The van der Waals surface area contributed by atoms with Crippen LogP contribution >= 0.6 is 11.8 Å². The smallest absolute Gasteiger partial charge is 0.233 e. The van der Waals surface area contributed by atoms with E-state index in [2.05, 4.69) is 5.10 Å². The summed E-state index contributed by atoms with van der Waals surface area (Å²) in [6.07, 6.45) is 1.31. The molecule has 0 spiro atoms. The largest absolute Gasteiger partial charge is 0.338 e. The van der Waals surface area contributed by atoms with Gasteiger partial charge in [0.15, 0.2) is 15.0 Å². The summed E-state index contributed by atoms with van der Waals surface area (Å²) in [6, 6.07) is 11.8. The number of carbonyl (C=O) groups excluding carboxylic acids is 1. The molecule has 1 atom stereocenters. The predicted octanol–water partition coefficient (Wildman–Crippen LogP) is 3.53. The number of sulfone groups is 1. The van der Waals surface area contributed by atoms with Crippen molar-refractivity contribution in [2.45, 2.75) is 44.8 Å². The molecule has 0 bridgehead atoms. The van der Waals surface area contributed by atoms with Crippen LogP contribution in [0.3, 0.4) is 0 Å². The maximum absolute atomic E-state index is 13.1. The van der Waals surface area contributed by atoms with Crippen LogP contribution < -0.4 is 0 Å². The van der Waals surface area contributed by atoms with E-state index in [4.69, 9.17) is 4.98 Å². The Morgan fingerprint density at radius 2 is 2.00 bits per heavy atom. The molecule has 0 N–H and O–H groups in total. The first-order valence-corrected chi connectivity index (χ1v) is 13.6. The summed E-state index contributed by atoms with van der Waals surface area (Å²) in [5, 5.41) is 5.33. The molecule has 1 saturated heterocycles. The third-order valence-corrected chi connectivity index (χ3v) is 8.35. The lowest BCUT2D eigenvalue weighted by Gasteiger charge is -2.27. The van der Waals surface area contributed by atoms with Crippen molar-refractivity contribution in [1.82, 2.24) is 19.5 Å². The lowest BCUT2D eigenvalue weighted by Crippen LogP contribution is -2.42. The molecule has 9 heteroatoms. The van der Waals surface area contributed by atoms with Crippen molar-refractivity contribution in [2.24, 2.45) is 0 Å². The Morgan fingerprint density at radius 3 is 2.66 bits per heavy atom. The zero-order valence-electron chi connectivity index (χ0n) is 18.6. The van der Waals surface area contributed by atoms with E-state index in [9.17, 15) is 13.2 Å². The van der Waals surface area contributed by atoms with Crippen LogP contribution in [0.1, 0.15) is 31.0 Å². The third kappa shape index (κ3) is 4.68. The standard InChI is InChI=1S/C23H28N4O3S2/c1-4-11-26(19-10-12-32(29,30)15-19)20(28)14-31-23-24-21(18-8-6-5-7-9-18)22-16(2)13-17(3)25-27(22)23/h5-9,13,19H,4,10-12,14-15H2,1-3H3/t19-/m1/s1. The number of fused-ring (bicyclic) bond motifs is 1. The number of amides is 1. The van der Waals surface area contributed by atoms with Gasteiger partial charge in [0.25, 0.3) is 0 Å². The van der Waals surface area contributed by atoms with Crippen molar-refractivity contribution >= 4 is 33.0 Å². The van der Waals surface area contributed by atoms with Gasteiger partial charge < -0.3 is 4.90 Å². The fourth-order valence-electron chi connectivity index (χ4n) is 4.28. The number of imidazole rings is 1. The molecular formula is C23H28N4O3S2. The van der Waals surface area contributed by atoms with E-state index in [1.54, 1.807) is 4.90 Å². The minimum atomic E-state index is -3.05. The fraction of sp³-hybridized carbons (Fsp3) is 0.435. The van der Waals surface area contributed by atoms with Gasteiger partial charge in [0.2, 0.25) is 5.91 Å². The summed E-state index contributed by atoms with van der Waals surface area (Å²) in [4.78, 5) is 19.7. The molecule has 170 valence electrons. The number of hydrogen-bond donors (Lipinski definition) is 0. The maximum atomic E-state index is 13.1. The predicted molar refractivity (Wildman–Crippen MR) is 128 cm³/mol. The Kier molecular flexibility index (Phi) is 6.57. The first-order chi connectivity index (χ1) is 15.3. The highest BCUT2D eigenvalue weighted by molar-refractivity contribution is 7.99. The van der Waals surface area contributed by atoms with E-state index >= 15 is 0 Å². The molecule has 1 aromatic carbocycles. The van der Waals surface area contributed by atoms with E-state index < -0.39 is 9.84 Å². The van der Waals surface area contributed by atoms with Gasteiger partial charge in [-0.1, -0.05) is 49.0 Å². The van der Waals surface area contributed by atoms with Crippen LogP contribution in [0, 0.1) is 13.8 Å². The van der Waals surface area contributed by atoms with Crippen LogP contribution in [-0.4, -0.2) is 63.7 Å². The Morgan fingerprint density at radius 1 is 1.25 bits per heavy atom. The second kappa shape index (κ2) is 9.23. The summed E-state index contributed by atoms with van der Waals surface area (Å²) in [7, 11) is -3.05. The van der Waals surface area contributed by atoms with E-state index in [1.165, 1.54) is 11.8 Å². The SMILES string of the molecule is CCCN(C(=O)CSc1nc(-c2ccccc2)c2c(C)cc(C)nn12)[C@@H]1CCS(=O)(=O)C1. The van der Waals surface area contributed by atoms with Crippen LogP contribution in [0.4, 0.5) is 0 Å². The molecule has 2 aromatic heterocycles. The number of hydrogen-bond acceptors (Lipinski definition) is 6. The highest BCUT2D eigenvalue weighted by atomic mass is 32.2. The molecule has 0 unspecified atom stereocenters. The summed E-state index contributed by atoms with van der Waals surface area (Å²) >= 11 is 1.35. The fourth-order valence-corrected chi connectivity index (χ4v) is 6.84. The zero-order chi connectivity index (χ0) is 22.9. The summed E-state index contributed by atoms with van der Waals surface area (Å²) in [5.74, 6) is 0.361. The van der Waals surface area contributed by atoms with Crippen molar-refractivity contribution in [2.75, 3.05) is 23.8 Å². The van der Waals surface area contributed by atoms with Crippen molar-refractivity contribution in [3.05, 3.63) is 47.7 Å². The summed E-state index contributed by atoms with van der Waals surface area (Å²) < 4.78 is 25.7. The van der Waals surface area contributed by atoms with Gasteiger partial charge in [0, 0.05) is 18.2 Å². The molecule has 1 amide bonds. The summed E-state index contributed by atoms with van der Waals surface area (Å²) in [5.41, 5.74) is 4.73. The molecule has 32 heavy (non-hydrogen) atoms. The van der Waals surface area contributed by atoms with E-state index in [0.717, 1.165) is 34.5 Å². The van der Waals surface area contributed by atoms with Gasteiger partial charge in [-0.25, -0.2) is 17.9 Å².